The molecule has 3 rings (SSSR count). The third-order valence-corrected chi connectivity index (χ3v) is 4.42. The Kier molecular flexibility index (Phi) is 4.75. The van der Waals surface area contributed by atoms with Crippen LogP contribution in [0.15, 0.2) is 42.6 Å². The minimum atomic E-state index is -1.44. The first kappa shape index (κ1) is 17.7. The Balaban J connectivity index is 1.76. The maximum atomic E-state index is 13.4. The van der Waals surface area contributed by atoms with Crippen LogP contribution >= 0.6 is 0 Å². The number of nitrogens with two attached hydrogens (primary N) is 1. The smallest absolute Gasteiger partial charge is 0.348 e. The fraction of sp³-hybridized carbons (Fsp3) is 0.278. The number of ether oxygens (including phenoxy) is 1. The molecule has 0 radical (unpaired) electrons. The van der Waals surface area contributed by atoms with E-state index in [0.29, 0.717) is 24.5 Å². The van der Waals surface area contributed by atoms with Gasteiger partial charge >= 0.3 is 5.97 Å². The van der Waals surface area contributed by atoms with Crippen LogP contribution in [0.5, 0.6) is 5.75 Å². The van der Waals surface area contributed by atoms with Gasteiger partial charge in [-0.15, -0.1) is 0 Å². The highest BCUT2D eigenvalue weighted by atomic mass is 19.1. The number of hydrogen-bond donors (Lipinski definition) is 2. The van der Waals surface area contributed by atoms with Gasteiger partial charge in [0.2, 0.25) is 11.5 Å². The van der Waals surface area contributed by atoms with E-state index in [2.05, 4.69) is 4.98 Å². The van der Waals surface area contributed by atoms with Crippen LogP contribution in [0.3, 0.4) is 0 Å². The standard InChI is InChI=1S/C18H18FN3O4/c19-13-2-1-3-14(11-13)26-18(17(24)25)5-8-22(9-6-18)15-10-12(16(20)23)4-7-21-15/h1-4,7,10-11H,5-6,8-9H2,(H2,20,23)(H,24,25). The first-order chi connectivity index (χ1) is 12.4. The van der Waals surface area contributed by atoms with Gasteiger partial charge in [-0.2, -0.15) is 0 Å². The number of anilines is 1. The predicted molar refractivity (Wildman–Crippen MR) is 91.6 cm³/mol. The summed E-state index contributed by atoms with van der Waals surface area (Å²) in [6.07, 6.45) is 1.85. The third kappa shape index (κ3) is 3.58. The molecule has 1 saturated heterocycles. The summed E-state index contributed by atoms with van der Waals surface area (Å²) in [7, 11) is 0. The van der Waals surface area contributed by atoms with E-state index in [1.165, 1.54) is 30.5 Å². The minimum absolute atomic E-state index is 0.176. The molecular formula is C18H18FN3O4. The normalized spacial score (nSPS) is 16.1. The van der Waals surface area contributed by atoms with E-state index in [4.69, 9.17) is 10.5 Å². The van der Waals surface area contributed by atoms with Gasteiger partial charge in [0.25, 0.3) is 0 Å². The molecule has 0 aliphatic carbocycles. The summed E-state index contributed by atoms with van der Waals surface area (Å²) >= 11 is 0. The van der Waals surface area contributed by atoms with E-state index < -0.39 is 23.3 Å². The van der Waals surface area contributed by atoms with Crippen LogP contribution in [0, 0.1) is 5.82 Å². The van der Waals surface area contributed by atoms with Gasteiger partial charge in [0.1, 0.15) is 17.4 Å². The van der Waals surface area contributed by atoms with Crippen molar-refractivity contribution in [2.75, 3.05) is 18.0 Å². The molecule has 3 N–H and O–H groups in total. The van der Waals surface area contributed by atoms with Crippen molar-refractivity contribution in [1.29, 1.82) is 0 Å². The number of aromatic nitrogens is 1. The van der Waals surface area contributed by atoms with Crippen molar-refractivity contribution < 1.29 is 23.8 Å². The van der Waals surface area contributed by atoms with E-state index in [1.807, 2.05) is 4.90 Å². The number of amides is 1. The predicted octanol–water partition coefficient (Wildman–Crippen LogP) is 1.82. The largest absolute Gasteiger partial charge is 0.478 e. The van der Waals surface area contributed by atoms with E-state index in [0.717, 1.165) is 6.07 Å². The lowest BCUT2D eigenvalue weighted by molar-refractivity contribution is -0.157. The lowest BCUT2D eigenvalue weighted by atomic mass is 9.91. The molecule has 2 heterocycles. The molecule has 0 saturated carbocycles. The summed E-state index contributed by atoms with van der Waals surface area (Å²) in [6.45, 7) is 0.716. The van der Waals surface area contributed by atoms with E-state index >= 15 is 0 Å². The SMILES string of the molecule is NC(=O)c1ccnc(N2CCC(Oc3cccc(F)c3)(C(=O)O)CC2)c1. The van der Waals surface area contributed by atoms with Crippen molar-refractivity contribution in [3.05, 3.63) is 54.0 Å². The molecule has 0 unspecified atom stereocenters. The Morgan fingerprint density at radius 2 is 1.96 bits per heavy atom. The molecule has 8 heteroatoms. The van der Waals surface area contributed by atoms with Gasteiger partial charge in [-0.3, -0.25) is 4.79 Å². The number of carbonyl (C=O) groups is 2. The number of carboxylic acids is 1. The summed E-state index contributed by atoms with van der Waals surface area (Å²) in [5.41, 5.74) is 4.17. The van der Waals surface area contributed by atoms with Crippen molar-refractivity contribution in [3.8, 4) is 5.75 Å². The van der Waals surface area contributed by atoms with Crippen molar-refractivity contribution in [1.82, 2.24) is 4.98 Å². The van der Waals surface area contributed by atoms with Gasteiger partial charge in [0.15, 0.2) is 0 Å². The van der Waals surface area contributed by atoms with Crippen LogP contribution in [0.4, 0.5) is 10.2 Å². The fourth-order valence-electron chi connectivity index (χ4n) is 2.96. The first-order valence-corrected chi connectivity index (χ1v) is 8.08. The average Bonchev–Trinajstić information content (AvgIpc) is 2.62. The molecule has 0 bridgehead atoms. The number of benzene rings is 1. The summed E-state index contributed by atoms with van der Waals surface area (Å²) in [4.78, 5) is 29.2. The van der Waals surface area contributed by atoms with Gasteiger partial charge in [-0.05, 0) is 24.3 Å². The Morgan fingerprint density at radius 3 is 2.58 bits per heavy atom. The van der Waals surface area contributed by atoms with E-state index in [9.17, 15) is 19.1 Å². The maximum Gasteiger partial charge on any atom is 0.348 e. The van der Waals surface area contributed by atoms with Gasteiger partial charge in [-0.1, -0.05) is 6.07 Å². The molecule has 1 amide bonds. The molecule has 1 aliphatic heterocycles. The molecule has 0 spiro atoms. The van der Waals surface area contributed by atoms with Gasteiger partial charge in [-0.25, -0.2) is 14.2 Å². The van der Waals surface area contributed by atoms with Gasteiger partial charge < -0.3 is 20.5 Å². The summed E-state index contributed by atoms with van der Waals surface area (Å²) in [6, 6.07) is 8.51. The number of hydrogen-bond acceptors (Lipinski definition) is 5. The van der Waals surface area contributed by atoms with Crippen molar-refractivity contribution in [3.63, 3.8) is 0 Å². The number of pyridine rings is 1. The number of piperidine rings is 1. The molecular weight excluding hydrogens is 341 g/mol. The zero-order valence-electron chi connectivity index (χ0n) is 13.9. The molecule has 26 heavy (non-hydrogen) atoms. The van der Waals surface area contributed by atoms with E-state index in [-0.39, 0.29) is 18.6 Å². The van der Waals surface area contributed by atoms with E-state index in [1.54, 1.807) is 6.07 Å². The van der Waals surface area contributed by atoms with Gasteiger partial charge in [0.05, 0.1) is 0 Å². The number of rotatable bonds is 5. The van der Waals surface area contributed by atoms with Gasteiger partial charge in [0, 0.05) is 43.8 Å². The van der Waals surface area contributed by atoms with Crippen molar-refractivity contribution >= 4 is 17.7 Å². The fourth-order valence-corrected chi connectivity index (χ4v) is 2.96. The second kappa shape index (κ2) is 6.99. The van der Waals surface area contributed by atoms with Crippen LogP contribution in [-0.4, -0.2) is 40.7 Å². The minimum Gasteiger partial charge on any atom is -0.478 e. The average molecular weight is 359 g/mol. The number of carbonyl (C=O) groups excluding carboxylic acids is 1. The summed E-state index contributed by atoms with van der Waals surface area (Å²) in [5, 5.41) is 9.68. The Labute approximate surface area is 149 Å². The zero-order valence-corrected chi connectivity index (χ0v) is 13.9. The second-order valence-electron chi connectivity index (χ2n) is 6.11. The molecule has 1 aromatic heterocycles. The van der Waals surface area contributed by atoms with Crippen LogP contribution in [0.1, 0.15) is 23.2 Å². The van der Waals surface area contributed by atoms with Crippen LogP contribution < -0.4 is 15.4 Å². The quantitative estimate of drug-likeness (QED) is 0.844. The lowest BCUT2D eigenvalue weighted by Crippen LogP contribution is -2.53. The lowest BCUT2D eigenvalue weighted by Gasteiger charge is -2.39. The number of nitrogens with zero attached hydrogens (tertiary/aromatic N) is 2. The topological polar surface area (TPSA) is 106 Å². The monoisotopic (exact) mass is 359 g/mol. The third-order valence-electron chi connectivity index (χ3n) is 4.42. The first-order valence-electron chi connectivity index (χ1n) is 8.08. The number of carboxylic acid groups (broad SMARTS) is 1. The molecule has 1 aromatic carbocycles. The molecule has 136 valence electrons. The molecule has 7 nitrogen and oxygen atoms in total. The molecule has 1 aliphatic rings. The summed E-state index contributed by atoms with van der Waals surface area (Å²) in [5.74, 6) is -1.42. The molecule has 0 atom stereocenters. The second-order valence-corrected chi connectivity index (χ2v) is 6.11. The number of halogens is 1. The van der Waals surface area contributed by atoms with Crippen molar-refractivity contribution in [2.24, 2.45) is 5.73 Å². The Bertz CT molecular complexity index is 835. The number of primary amides is 1. The highest BCUT2D eigenvalue weighted by Crippen LogP contribution is 2.31. The van der Waals surface area contributed by atoms with Crippen LogP contribution in [-0.2, 0) is 4.79 Å². The van der Waals surface area contributed by atoms with Crippen LogP contribution in [0.25, 0.3) is 0 Å². The Hall–Kier alpha value is -3.16. The van der Waals surface area contributed by atoms with Crippen LogP contribution in [0.2, 0.25) is 0 Å². The number of aliphatic carboxylic acids is 1. The Morgan fingerprint density at radius 1 is 1.23 bits per heavy atom. The molecule has 2 aromatic rings. The molecule has 1 fully saturated rings. The highest BCUT2D eigenvalue weighted by molar-refractivity contribution is 5.93. The summed E-state index contributed by atoms with van der Waals surface area (Å²) < 4.78 is 19.0. The highest BCUT2D eigenvalue weighted by Gasteiger charge is 2.44. The maximum absolute atomic E-state index is 13.4. The van der Waals surface area contributed by atoms with Crippen molar-refractivity contribution in [2.45, 2.75) is 18.4 Å². The zero-order chi connectivity index (χ0) is 18.7.